The second-order valence-electron chi connectivity index (χ2n) is 9.28. The second kappa shape index (κ2) is 9.12. The van der Waals surface area contributed by atoms with Gasteiger partial charge in [0.2, 0.25) is 5.91 Å². The molecule has 0 spiro atoms. The fourth-order valence-electron chi connectivity index (χ4n) is 4.60. The summed E-state index contributed by atoms with van der Waals surface area (Å²) in [6.45, 7) is 6.36. The molecule has 186 valence electrons. The number of nitrogens with one attached hydrogen (secondary N) is 1. The summed E-state index contributed by atoms with van der Waals surface area (Å²) in [5.74, 6) is -1.38. The summed E-state index contributed by atoms with van der Waals surface area (Å²) < 4.78 is 14.6. The van der Waals surface area contributed by atoms with E-state index in [1.165, 1.54) is 17.0 Å². The van der Waals surface area contributed by atoms with E-state index in [-0.39, 0.29) is 43.2 Å². The van der Waals surface area contributed by atoms with Crippen LogP contribution in [-0.2, 0) is 11.2 Å². The molecular formula is C24H28FN5O5. The third-order valence-electron chi connectivity index (χ3n) is 7.22. The van der Waals surface area contributed by atoms with Gasteiger partial charge in [-0.3, -0.25) is 19.3 Å². The van der Waals surface area contributed by atoms with Crippen LogP contribution in [0.5, 0.6) is 0 Å². The van der Waals surface area contributed by atoms with Gasteiger partial charge in [0.05, 0.1) is 11.3 Å². The largest absolute Gasteiger partial charge is 0.465 e. The maximum Gasteiger partial charge on any atom is 0.408 e. The van der Waals surface area contributed by atoms with E-state index in [0.717, 1.165) is 10.5 Å². The number of benzene rings is 1. The van der Waals surface area contributed by atoms with Crippen molar-refractivity contribution >= 4 is 17.9 Å². The molecule has 2 aliphatic rings. The minimum absolute atomic E-state index is 0.0657. The molecule has 3 amide bonds. The predicted molar refractivity (Wildman–Crippen MR) is 124 cm³/mol. The molecule has 2 N–H and O–H groups in total. The number of nitrogens with zero attached hydrogens (tertiary/aromatic N) is 4. The lowest BCUT2D eigenvalue weighted by molar-refractivity contribution is -0.151. The van der Waals surface area contributed by atoms with Gasteiger partial charge < -0.3 is 14.9 Å². The highest BCUT2D eigenvalue weighted by Crippen LogP contribution is 2.32. The lowest BCUT2D eigenvalue weighted by Crippen LogP contribution is -2.69. The Bertz CT molecular complexity index is 1250. The number of aromatic nitrogens is 2. The molecule has 2 fully saturated rings. The molecule has 10 nitrogen and oxygen atoms in total. The Kier molecular flexibility index (Phi) is 6.35. The van der Waals surface area contributed by atoms with Crippen molar-refractivity contribution < 1.29 is 23.9 Å². The molecule has 1 aromatic heterocycles. The van der Waals surface area contributed by atoms with Crippen LogP contribution in [-0.4, -0.2) is 86.2 Å². The first-order chi connectivity index (χ1) is 16.5. The first kappa shape index (κ1) is 24.4. The highest BCUT2D eigenvalue weighted by molar-refractivity contribution is 5.95. The van der Waals surface area contributed by atoms with E-state index in [1.54, 1.807) is 31.7 Å². The molecule has 1 atom stereocenters. The number of aromatic amines is 1. The molecule has 2 aliphatic heterocycles. The van der Waals surface area contributed by atoms with Gasteiger partial charge in [0.1, 0.15) is 11.4 Å². The SMILES string of the molecule is Cc1c(Cc2ccc(F)c(C(=O)N3CCN(C(=O)[C@@]4(C)CCN4C(=O)O)CC3)c2)n[nH]c(=O)c1C. The van der Waals surface area contributed by atoms with Crippen LogP contribution in [0, 0.1) is 19.7 Å². The minimum atomic E-state index is -1.13. The quantitative estimate of drug-likeness (QED) is 0.677. The summed E-state index contributed by atoms with van der Waals surface area (Å²) in [5, 5.41) is 15.8. The zero-order chi connectivity index (χ0) is 25.5. The fraction of sp³-hybridized carbons (Fsp3) is 0.458. The monoisotopic (exact) mass is 485 g/mol. The zero-order valence-electron chi connectivity index (χ0n) is 19.9. The van der Waals surface area contributed by atoms with Gasteiger partial charge in [0, 0.05) is 44.7 Å². The number of carbonyl (C=O) groups is 3. The van der Waals surface area contributed by atoms with Crippen molar-refractivity contribution in [1.29, 1.82) is 0 Å². The predicted octanol–water partition coefficient (Wildman–Crippen LogP) is 1.54. The number of halogens is 1. The summed E-state index contributed by atoms with van der Waals surface area (Å²) in [4.78, 5) is 53.3. The molecule has 0 bridgehead atoms. The van der Waals surface area contributed by atoms with E-state index in [9.17, 15) is 28.7 Å². The third kappa shape index (κ3) is 4.38. The number of piperazine rings is 1. The molecule has 4 rings (SSSR count). The van der Waals surface area contributed by atoms with Crippen LogP contribution in [0.2, 0.25) is 0 Å². The van der Waals surface area contributed by atoms with Crippen molar-refractivity contribution in [3.8, 4) is 0 Å². The number of hydrogen-bond donors (Lipinski definition) is 2. The van der Waals surface area contributed by atoms with E-state index in [4.69, 9.17) is 0 Å². The number of hydrogen-bond acceptors (Lipinski definition) is 5. The number of amides is 3. The normalized spacial score (nSPS) is 19.9. The van der Waals surface area contributed by atoms with E-state index < -0.39 is 23.4 Å². The summed E-state index contributed by atoms with van der Waals surface area (Å²) in [6, 6.07) is 4.32. The molecule has 0 radical (unpaired) electrons. The van der Waals surface area contributed by atoms with Crippen LogP contribution in [0.25, 0.3) is 0 Å². The van der Waals surface area contributed by atoms with Gasteiger partial charge in [-0.15, -0.1) is 0 Å². The van der Waals surface area contributed by atoms with E-state index in [1.807, 2.05) is 0 Å². The Morgan fingerprint density at radius 1 is 1.09 bits per heavy atom. The van der Waals surface area contributed by atoms with Crippen molar-refractivity contribution in [3.63, 3.8) is 0 Å². The van der Waals surface area contributed by atoms with Crippen LogP contribution < -0.4 is 5.56 Å². The molecule has 0 unspecified atom stereocenters. The van der Waals surface area contributed by atoms with Crippen LogP contribution >= 0.6 is 0 Å². The van der Waals surface area contributed by atoms with E-state index in [2.05, 4.69) is 10.2 Å². The Morgan fingerprint density at radius 3 is 2.34 bits per heavy atom. The zero-order valence-corrected chi connectivity index (χ0v) is 19.9. The second-order valence-corrected chi connectivity index (χ2v) is 9.28. The van der Waals surface area contributed by atoms with Crippen molar-refractivity contribution in [2.75, 3.05) is 32.7 Å². The number of likely N-dealkylation sites (tertiary alicyclic amines) is 1. The third-order valence-corrected chi connectivity index (χ3v) is 7.22. The molecule has 3 heterocycles. The Balaban J connectivity index is 1.44. The highest BCUT2D eigenvalue weighted by Gasteiger charge is 2.51. The van der Waals surface area contributed by atoms with Crippen molar-refractivity contribution in [3.05, 3.63) is 62.3 Å². The maximum absolute atomic E-state index is 14.6. The number of H-pyrrole nitrogens is 1. The molecular weight excluding hydrogens is 457 g/mol. The van der Waals surface area contributed by atoms with Gasteiger partial charge in [0.15, 0.2) is 0 Å². The van der Waals surface area contributed by atoms with E-state index in [0.29, 0.717) is 36.2 Å². The molecule has 2 aromatic rings. The smallest absolute Gasteiger partial charge is 0.408 e. The van der Waals surface area contributed by atoms with Crippen molar-refractivity contribution in [2.24, 2.45) is 0 Å². The molecule has 35 heavy (non-hydrogen) atoms. The lowest BCUT2D eigenvalue weighted by atomic mass is 9.85. The number of carbonyl (C=O) groups excluding carboxylic acids is 2. The number of rotatable bonds is 4. The van der Waals surface area contributed by atoms with Gasteiger partial charge >= 0.3 is 6.09 Å². The summed E-state index contributed by atoms with van der Waals surface area (Å²) in [7, 11) is 0. The van der Waals surface area contributed by atoms with Crippen LogP contribution in [0.15, 0.2) is 23.0 Å². The average Bonchev–Trinajstić information content (AvgIpc) is 2.83. The lowest BCUT2D eigenvalue weighted by Gasteiger charge is -2.50. The summed E-state index contributed by atoms with van der Waals surface area (Å²) in [6.07, 6.45) is -0.345. The topological polar surface area (TPSA) is 127 Å². The fourth-order valence-corrected chi connectivity index (χ4v) is 4.60. The van der Waals surface area contributed by atoms with Gasteiger partial charge in [0.25, 0.3) is 11.5 Å². The van der Waals surface area contributed by atoms with E-state index >= 15 is 0 Å². The summed E-state index contributed by atoms with van der Waals surface area (Å²) in [5.41, 5.74) is 1.21. The van der Waals surface area contributed by atoms with Crippen molar-refractivity contribution in [1.82, 2.24) is 24.9 Å². The minimum Gasteiger partial charge on any atom is -0.465 e. The van der Waals surface area contributed by atoms with Gasteiger partial charge in [-0.2, -0.15) is 5.10 Å². The standard InChI is InChI=1S/C24H28FN5O5/c1-14-15(2)20(31)27-26-19(14)13-16-4-5-18(25)17(12-16)21(32)28-8-10-29(11-9-28)22(33)24(3)6-7-30(24)23(34)35/h4-5,12H,6-11,13H2,1-3H3,(H,27,31)(H,34,35)/t24-/m1/s1. The van der Waals surface area contributed by atoms with Crippen LogP contribution in [0.3, 0.4) is 0 Å². The van der Waals surface area contributed by atoms with Gasteiger partial charge in [-0.05, 0) is 50.5 Å². The Hall–Kier alpha value is -3.76. The maximum atomic E-state index is 14.6. The summed E-state index contributed by atoms with van der Waals surface area (Å²) >= 11 is 0. The van der Waals surface area contributed by atoms with Crippen LogP contribution in [0.1, 0.15) is 46.1 Å². The molecule has 1 aromatic carbocycles. The highest BCUT2D eigenvalue weighted by atomic mass is 19.1. The molecule has 0 aliphatic carbocycles. The van der Waals surface area contributed by atoms with Gasteiger partial charge in [-0.25, -0.2) is 14.3 Å². The number of carboxylic acid groups (broad SMARTS) is 1. The van der Waals surface area contributed by atoms with Crippen molar-refractivity contribution in [2.45, 2.75) is 39.2 Å². The Morgan fingerprint density at radius 2 is 1.74 bits per heavy atom. The van der Waals surface area contributed by atoms with Gasteiger partial charge in [-0.1, -0.05) is 6.07 Å². The van der Waals surface area contributed by atoms with Crippen LogP contribution in [0.4, 0.5) is 9.18 Å². The average molecular weight is 486 g/mol. The molecule has 2 saturated heterocycles. The molecule has 11 heteroatoms. The first-order valence-electron chi connectivity index (χ1n) is 11.5. The molecule has 0 saturated carbocycles. The first-order valence-corrected chi connectivity index (χ1v) is 11.5. The Labute approximate surface area is 201 Å².